The molecule has 1 aromatic heterocycles. The fraction of sp³-hybridized carbons (Fsp3) is 0.750. The highest BCUT2D eigenvalue weighted by atomic mass is 19.4. The van der Waals surface area contributed by atoms with Gasteiger partial charge in [-0.1, -0.05) is 13.3 Å². The molecule has 1 aromatic rings. The molecule has 18 heavy (non-hydrogen) atoms. The van der Waals surface area contributed by atoms with Crippen LogP contribution in [-0.4, -0.2) is 16.1 Å². The quantitative estimate of drug-likeness (QED) is 0.886. The predicted molar refractivity (Wildman–Crippen MR) is 62.4 cm³/mol. The van der Waals surface area contributed by atoms with Crippen molar-refractivity contribution in [3.8, 4) is 0 Å². The lowest BCUT2D eigenvalue weighted by Gasteiger charge is -2.29. The third-order valence-corrected chi connectivity index (χ3v) is 3.34. The Morgan fingerprint density at radius 1 is 1.39 bits per heavy atom. The Balaban J connectivity index is 2.59. The van der Waals surface area contributed by atoms with E-state index in [4.69, 9.17) is 0 Å². The topological polar surface area (TPSA) is 29.9 Å². The Morgan fingerprint density at radius 2 is 2.06 bits per heavy atom. The zero-order chi connectivity index (χ0) is 13.5. The summed E-state index contributed by atoms with van der Waals surface area (Å²) in [6.45, 7) is 6.33. The fourth-order valence-electron chi connectivity index (χ4n) is 2.52. The van der Waals surface area contributed by atoms with Crippen LogP contribution in [0.5, 0.6) is 0 Å². The SMILES string of the molecule is CCCc1c(C(F)(F)F)nc2n1C(C)CNC2C. The van der Waals surface area contributed by atoms with Gasteiger partial charge in [-0.3, -0.25) is 0 Å². The van der Waals surface area contributed by atoms with Crippen LogP contribution in [0.3, 0.4) is 0 Å². The van der Waals surface area contributed by atoms with Crippen LogP contribution in [0.25, 0.3) is 0 Å². The maximum atomic E-state index is 13.0. The summed E-state index contributed by atoms with van der Waals surface area (Å²) in [6, 6.07) is -0.116. The number of hydrogen-bond donors (Lipinski definition) is 1. The lowest BCUT2D eigenvalue weighted by atomic mass is 10.1. The Morgan fingerprint density at radius 3 is 2.61 bits per heavy atom. The summed E-state index contributed by atoms with van der Waals surface area (Å²) >= 11 is 0. The molecule has 1 aliphatic heterocycles. The normalized spacial score (nSPS) is 24.1. The first kappa shape index (κ1) is 13.4. The van der Waals surface area contributed by atoms with Gasteiger partial charge in [0.15, 0.2) is 5.69 Å². The largest absolute Gasteiger partial charge is 0.435 e. The average molecular weight is 261 g/mol. The molecule has 0 saturated heterocycles. The zero-order valence-electron chi connectivity index (χ0n) is 10.8. The van der Waals surface area contributed by atoms with E-state index in [1.807, 2.05) is 20.8 Å². The van der Waals surface area contributed by atoms with Crippen LogP contribution in [0.4, 0.5) is 13.2 Å². The van der Waals surface area contributed by atoms with Crippen molar-refractivity contribution in [2.75, 3.05) is 6.54 Å². The Bertz CT molecular complexity index is 437. The summed E-state index contributed by atoms with van der Waals surface area (Å²) in [6.07, 6.45) is -3.27. The number of nitrogens with one attached hydrogen (secondary N) is 1. The number of rotatable bonds is 2. The highest BCUT2D eigenvalue weighted by Crippen LogP contribution is 2.36. The molecule has 0 radical (unpaired) electrons. The van der Waals surface area contributed by atoms with Gasteiger partial charge in [0.05, 0.1) is 11.7 Å². The molecule has 0 saturated carbocycles. The van der Waals surface area contributed by atoms with E-state index in [9.17, 15) is 13.2 Å². The molecule has 2 atom stereocenters. The second kappa shape index (κ2) is 4.57. The number of imidazole rings is 1. The van der Waals surface area contributed by atoms with Crippen LogP contribution in [0.1, 0.15) is 56.5 Å². The second-order valence-electron chi connectivity index (χ2n) is 4.86. The van der Waals surface area contributed by atoms with Gasteiger partial charge >= 0.3 is 6.18 Å². The summed E-state index contributed by atoms with van der Waals surface area (Å²) in [5.41, 5.74) is -0.373. The van der Waals surface area contributed by atoms with Crippen molar-refractivity contribution in [2.24, 2.45) is 0 Å². The Labute approximate surface area is 104 Å². The van der Waals surface area contributed by atoms with Crippen molar-refractivity contribution in [2.45, 2.75) is 51.9 Å². The van der Waals surface area contributed by atoms with Crippen LogP contribution in [0.2, 0.25) is 0 Å². The fourth-order valence-corrected chi connectivity index (χ4v) is 2.52. The lowest BCUT2D eigenvalue weighted by Crippen LogP contribution is -2.35. The second-order valence-corrected chi connectivity index (χ2v) is 4.86. The molecule has 6 heteroatoms. The summed E-state index contributed by atoms with van der Waals surface area (Å²) in [5, 5.41) is 3.17. The van der Waals surface area contributed by atoms with Gasteiger partial charge in [-0.2, -0.15) is 13.2 Å². The standard InChI is InChI=1S/C12H18F3N3/c1-4-5-9-10(12(13,14)15)17-11-8(3)16-6-7(2)18(9)11/h7-8,16H,4-6H2,1-3H3. The summed E-state index contributed by atoms with van der Waals surface area (Å²) in [5.74, 6) is 0.504. The average Bonchev–Trinajstić information content (AvgIpc) is 2.65. The molecule has 0 fully saturated rings. The van der Waals surface area contributed by atoms with Gasteiger partial charge in [0.2, 0.25) is 0 Å². The van der Waals surface area contributed by atoms with Crippen molar-refractivity contribution in [1.29, 1.82) is 0 Å². The molecule has 2 rings (SSSR count). The van der Waals surface area contributed by atoms with E-state index in [1.54, 1.807) is 4.57 Å². The third-order valence-electron chi connectivity index (χ3n) is 3.34. The monoisotopic (exact) mass is 261 g/mol. The first-order valence-corrected chi connectivity index (χ1v) is 6.27. The number of hydrogen-bond acceptors (Lipinski definition) is 2. The van der Waals surface area contributed by atoms with Crippen LogP contribution < -0.4 is 5.32 Å². The van der Waals surface area contributed by atoms with Crippen molar-refractivity contribution in [1.82, 2.24) is 14.9 Å². The van der Waals surface area contributed by atoms with E-state index < -0.39 is 11.9 Å². The molecule has 0 amide bonds. The first-order chi connectivity index (χ1) is 8.36. The molecule has 1 aliphatic rings. The van der Waals surface area contributed by atoms with E-state index >= 15 is 0 Å². The summed E-state index contributed by atoms with van der Waals surface area (Å²) < 4.78 is 40.8. The minimum Gasteiger partial charge on any atom is -0.326 e. The molecule has 0 spiro atoms. The molecular weight excluding hydrogens is 243 g/mol. The summed E-state index contributed by atoms with van der Waals surface area (Å²) in [7, 11) is 0. The Hall–Kier alpha value is -1.04. The highest BCUT2D eigenvalue weighted by Gasteiger charge is 2.40. The van der Waals surface area contributed by atoms with Gasteiger partial charge in [-0.05, 0) is 20.3 Å². The predicted octanol–water partition coefficient (Wildman–Crippen LogP) is 3.08. The lowest BCUT2D eigenvalue weighted by molar-refractivity contribution is -0.141. The number of halogens is 3. The molecule has 0 aromatic carbocycles. The van der Waals surface area contributed by atoms with E-state index in [1.165, 1.54) is 0 Å². The van der Waals surface area contributed by atoms with Crippen molar-refractivity contribution in [3.63, 3.8) is 0 Å². The molecule has 0 bridgehead atoms. The smallest absolute Gasteiger partial charge is 0.326 e. The number of aromatic nitrogens is 2. The van der Waals surface area contributed by atoms with E-state index in [-0.39, 0.29) is 12.1 Å². The van der Waals surface area contributed by atoms with Crippen molar-refractivity contribution in [3.05, 3.63) is 17.2 Å². The minimum atomic E-state index is -4.37. The van der Waals surface area contributed by atoms with Crippen LogP contribution in [0, 0.1) is 0 Å². The van der Waals surface area contributed by atoms with Crippen molar-refractivity contribution >= 4 is 0 Å². The van der Waals surface area contributed by atoms with Gasteiger partial charge in [0.25, 0.3) is 0 Å². The van der Waals surface area contributed by atoms with E-state index in [0.717, 1.165) is 0 Å². The maximum Gasteiger partial charge on any atom is 0.435 e. The minimum absolute atomic E-state index is 0.0151. The molecule has 2 heterocycles. The van der Waals surface area contributed by atoms with Gasteiger partial charge in [-0.25, -0.2) is 4.98 Å². The van der Waals surface area contributed by atoms with E-state index in [0.29, 0.717) is 30.9 Å². The third kappa shape index (κ3) is 2.13. The van der Waals surface area contributed by atoms with E-state index in [2.05, 4.69) is 10.3 Å². The van der Waals surface area contributed by atoms with Crippen LogP contribution in [-0.2, 0) is 12.6 Å². The summed E-state index contributed by atoms with van der Waals surface area (Å²) in [4.78, 5) is 3.85. The maximum absolute atomic E-state index is 13.0. The first-order valence-electron chi connectivity index (χ1n) is 6.27. The number of alkyl halides is 3. The molecule has 1 N–H and O–H groups in total. The Kier molecular flexibility index (Phi) is 3.40. The van der Waals surface area contributed by atoms with Gasteiger partial charge < -0.3 is 9.88 Å². The number of nitrogens with zero attached hydrogens (tertiary/aromatic N) is 2. The van der Waals surface area contributed by atoms with Crippen LogP contribution >= 0.6 is 0 Å². The van der Waals surface area contributed by atoms with Crippen LogP contribution in [0.15, 0.2) is 0 Å². The van der Waals surface area contributed by atoms with Gasteiger partial charge in [-0.15, -0.1) is 0 Å². The van der Waals surface area contributed by atoms with Gasteiger partial charge in [0.1, 0.15) is 5.82 Å². The van der Waals surface area contributed by atoms with Crippen molar-refractivity contribution < 1.29 is 13.2 Å². The van der Waals surface area contributed by atoms with Gasteiger partial charge in [0, 0.05) is 12.6 Å². The highest BCUT2D eigenvalue weighted by molar-refractivity contribution is 5.24. The molecule has 3 nitrogen and oxygen atoms in total. The molecule has 0 aliphatic carbocycles. The zero-order valence-corrected chi connectivity index (χ0v) is 10.8. The number of fused-ring (bicyclic) bond motifs is 1. The molecule has 2 unspecified atom stereocenters. The molecular formula is C12H18F3N3. The molecule has 102 valence electrons.